The topological polar surface area (TPSA) is 47.4 Å². The Bertz CT molecular complexity index is 708. The van der Waals surface area contributed by atoms with Crippen molar-refractivity contribution in [1.82, 2.24) is 14.7 Å². The van der Waals surface area contributed by atoms with Crippen molar-refractivity contribution < 1.29 is 13.9 Å². The van der Waals surface area contributed by atoms with E-state index in [1.54, 1.807) is 30.5 Å². The van der Waals surface area contributed by atoms with E-state index in [-0.39, 0.29) is 23.8 Å². The number of halogens is 1. The number of rotatable bonds is 4. The first-order valence-corrected chi connectivity index (χ1v) is 8.29. The Morgan fingerprint density at radius 1 is 1.29 bits per heavy atom. The molecule has 2 heterocycles. The lowest BCUT2D eigenvalue weighted by atomic mass is 10.0. The van der Waals surface area contributed by atoms with Crippen LogP contribution in [-0.4, -0.2) is 45.9 Å². The molecule has 0 atom stereocenters. The maximum Gasteiger partial charge on any atom is 0.274 e. The fourth-order valence-electron chi connectivity index (χ4n) is 3.13. The monoisotopic (exact) mass is 331 g/mol. The van der Waals surface area contributed by atoms with Crippen molar-refractivity contribution in [3.05, 3.63) is 48.0 Å². The van der Waals surface area contributed by atoms with Gasteiger partial charge in [-0.2, -0.15) is 5.10 Å². The third-order valence-corrected chi connectivity index (χ3v) is 4.28. The van der Waals surface area contributed by atoms with Gasteiger partial charge in [0.2, 0.25) is 0 Å². The standard InChI is InChI=1S/C18H22FN3O2/c1-13(2)22(14-8-11-24-12-9-14)18(23)16-7-10-21(20-16)17-6-4-3-5-15(17)19/h3-7,10,13-14H,8-9,11-12H2,1-2H3. The first-order valence-electron chi connectivity index (χ1n) is 8.29. The lowest BCUT2D eigenvalue weighted by Crippen LogP contribution is -2.47. The summed E-state index contributed by atoms with van der Waals surface area (Å²) in [7, 11) is 0. The number of carbonyl (C=O) groups is 1. The van der Waals surface area contributed by atoms with Crippen LogP contribution in [0.4, 0.5) is 4.39 Å². The molecule has 0 saturated carbocycles. The second-order valence-electron chi connectivity index (χ2n) is 6.25. The number of carbonyl (C=O) groups excluding carboxylic acids is 1. The van der Waals surface area contributed by atoms with Crippen molar-refractivity contribution in [3.8, 4) is 5.69 Å². The molecule has 0 radical (unpaired) electrons. The van der Waals surface area contributed by atoms with E-state index in [2.05, 4.69) is 5.10 Å². The molecule has 2 aromatic rings. The van der Waals surface area contributed by atoms with Crippen molar-refractivity contribution in [3.63, 3.8) is 0 Å². The van der Waals surface area contributed by atoms with Gasteiger partial charge in [0.15, 0.2) is 5.69 Å². The van der Waals surface area contributed by atoms with Gasteiger partial charge < -0.3 is 9.64 Å². The number of amides is 1. The Labute approximate surface area is 141 Å². The number of benzene rings is 1. The number of para-hydroxylation sites is 1. The zero-order valence-electron chi connectivity index (χ0n) is 14.0. The van der Waals surface area contributed by atoms with E-state index in [1.807, 2.05) is 18.7 Å². The van der Waals surface area contributed by atoms with Crippen LogP contribution in [0.1, 0.15) is 37.2 Å². The quantitative estimate of drug-likeness (QED) is 0.865. The molecular weight excluding hydrogens is 309 g/mol. The molecule has 5 nitrogen and oxygen atoms in total. The van der Waals surface area contributed by atoms with Crippen LogP contribution in [0, 0.1) is 5.82 Å². The summed E-state index contributed by atoms with van der Waals surface area (Å²) >= 11 is 0. The number of hydrogen-bond acceptors (Lipinski definition) is 3. The van der Waals surface area contributed by atoms with Crippen LogP contribution in [0.15, 0.2) is 36.5 Å². The lowest BCUT2D eigenvalue weighted by molar-refractivity contribution is 0.0202. The van der Waals surface area contributed by atoms with Crippen LogP contribution in [0.3, 0.4) is 0 Å². The summed E-state index contributed by atoms with van der Waals surface area (Å²) in [4.78, 5) is 14.8. The van der Waals surface area contributed by atoms with E-state index in [1.165, 1.54) is 10.7 Å². The first-order chi connectivity index (χ1) is 11.6. The summed E-state index contributed by atoms with van der Waals surface area (Å²) in [5, 5.41) is 4.29. The van der Waals surface area contributed by atoms with Gasteiger partial charge >= 0.3 is 0 Å². The Morgan fingerprint density at radius 3 is 2.67 bits per heavy atom. The molecule has 1 aliphatic heterocycles. The van der Waals surface area contributed by atoms with Gasteiger partial charge in [0.1, 0.15) is 11.5 Å². The molecular formula is C18H22FN3O2. The van der Waals surface area contributed by atoms with Gasteiger partial charge in [-0.3, -0.25) is 4.79 Å². The number of nitrogens with zero attached hydrogens (tertiary/aromatic N) is 3. The largest absolute Gasteiger partial charge is 0.381 e. The second-order valence-corrected chi connectivity index (χ2v) is 6.25. The van der Waals surface area contributed by atoms with Gasteiger partial charge in [0.05, 0.1) is 0 Å². The van der Waals surface area contributed by atoms with E-state index in [0.717, 1.165) is 12.8 Å². The predicted molar refractivity (Wildman–Crippen MR) is 88.7 cm³/mol. The summed E-state index contributed by atoms with van der Waals surface area (Å²) in [5.74, 6) is -0.489. The van der Waals surface area contributed by atoms with Crippen molar-refractivity contribution in [2.75, 3.05) is 13.2 Å². The van der Waals surface area contributed by atoms with Crippen LogP contribution in [0.2, 0.25) is 0 Å². The first kappa shape index (κ1) is 16.6. The third kappa shape index (κ3) is 3.33. The van der Waals surface area contributed by atoms with Gasteiger partial charge in [-0.25, -0.2) is 9.07 Å². The summed E-state index contributed by atoms with van der Waals surface area (Å²) in [6.45, 7) is 5.35. The third-order valence-electron chi connectivity index (χ3n) is 4.28. The van der Waals surface area contributed by atoms with Gasteiger partial charge in [0.25, 0.3) is 5.91 Å². The van der Waals surface area contributed by atoms with E-state index < -0.39 is 0 Å². The maximum atomic E-state index is 13.9. The van der Waals surface area contributed by atoms with Crippen LogP contribution >= 0.6 is 0 Å². The minimum atomic E-state index is -0.371. The highest BCUT2D eigenvalue weighted by molar-refractivity contribution is 5.92. The van der Waals surface area contributed by atoms with E-state index >= 15 is 0 Å². The molecule has 0 N–H and O–H groups in total. The highest BCUT2D eigenvalue weighted by Crippen LogP contribution is 2.20. The molecule has 1 saturated heterocycles. The number of aromatic nitrogens is 2. The minimum Gasteiger partial charge on any atom is -0.381 e. The average molecular weight is 331 g/mol. The maximum absolute atomic E-state index is 13.9. The van der Waals surface area contributed by atoms with Crippen LogP contribution in [-0.2, 0) is 4.74 Å². The van der Waals surface area contributed by atoms with Crippen molar-refractivity contribution >= 4 is 5.91 Å². The van der Waals surface area contributed by atoms with Crippen LogP contribution in [0.25, 0.3) is 5.69 Å². The molecule has 1 aromatic carbocycles. The Kier molecular flexibility index (Phi) is 4.94. The molecule has 1 amide bonds. The molecule has 1 fully saturated rings. The molecule has 6 heteroatoms. The van der Waals surface area contributed by atoms with Gasteiger partial charge in [-0.15, -0.1) is 0 Å². The highest BCUT2D eigenvalue weighted by Gasteiger charge is 2.30. The van der Waals surface area contributed by atoms with Crippen LogP contribution in [0.5, 0.6) is 0 Å². The normalized spacial score (nSPS) is 15.7. The molecule has 0 unspecified atom stereocenters. The zero-order valence-corrected chi connectivity index (χ0v) is 14.0. The van der Waals surface area contributed by atoms with E-state index in [0.29, 0.717) is 24.6 Å². The van der Waals surface area contributed by atoms with E-state index in [4.69, 9.17) is 4.74 Å². The molecule has 0 aliphatic carbocycles. The Hall–Kier alpha value is -2.21. The number of hydrogen-bond donors (Lipinski definition) is 0. The average Bonchev–Trinajstić information content (AvgIpc) is 3.06. The SMILES string of the molecule is CC(C)N(C(=O)c1ccn(-c2ccccc2F)n1)C1CCOCC1. The van der Waals surface area contributed by atoms with E-state index in [9.17, 15) is 9.18 Å². The van der Waals surface area contributed by atoms with Gasteiger partial charge in [-0.05, 0) is 44.9 Å². The van der Waals surface area contributed by atoms with Crippen molar-refractivity contribution in [1.29, 1.82) is 0 Å². The summed E-state index contributed by atoms with van der Waals surface area (Å²) < 4.78 is 20.7. The van der Waals surface area contributed by atoms with Gasteiger partial charge in [-0.1, -0.05) is 12.1 Å². The predicted octanol–water partition coefficient (Wildman–Crippen LogP) is 3.04. The second kappa shape index (κ2) is 7.13. The van der Waals surface area contributed by atoms with Crippen molar-refractivity contribution in [2.24, 2.45) is 0 Å². The Balaban J connectivity index is 1.85. The molecule has 128 valence electrons. The van der Waals surface area contributed by atoms with Crippen molar-refractivity contribution in [2.45, 2.75) is 38.8 Å². The Morgan fingerprint density at radius 2 is 2.00 bits per heavy atom. The fourth-order valence-corrected chi connectivity index (χ4v) is 3.13. The molecule has 1 aliphatic rings. The molecule has 0 spiro atoms. The minimum absolute atomic E-state index is 0.0687. The molecule has 3 rings (SSSR count). The smallest absolute Gasteiger partial charge is 0.274 e. The lowest BCUT2D eigenvalue weighted by Gasteiger charge is -2.36. The summed E-state index contributed by atoms with van der Waals surface area (Å²) in [6.07, 6.45) is 3.28. The number of ether oxygens (including phenoxy) is 1. The fraction of sp³-hybridized carbons (Fsp3) is 0.444. The van der Waals surface area contributed by atoms with Gasteiger partial charge in [0, 0.05) is 31.5 Å². The molecule has 1 aromatic heterocycles. The zero-order chi connectivity index (χ0) is 17.1. The molecule has 24 heavy (non-hydrogen) atoms. The highest BCUT2D eigenvalue weighted by atomic mass is 19.1. The summed E-state index contributed by atoms with van der Waals surface area (Å²) in [6, 6.07) is 8.24. The molecule has 0 bridgehead atoms. The summed E-state index contributed by atoms with van der Waals surface area (Å²) in [5.41, 5.74) is 0.664. The van der Waals surface area contributed by atoms with Crippen LogP contribution < -0.4 is 0 Å².